The largest absolute Gasteiger partial charge is 0.390 e. The monoisotopic (exact) mass is 420 g/mol. The summed E-state index contributed by atoms with van der Waals surface area (Å²) in [6, 6.07) is 5.28. The van der Waals surface area contributed by atoms with Crippen molar-refractivity contribution < 1.29 is 22.3 Å². The summed E-state index contributed by atoms with van der Waals surface area (Å²) in [5.41, 5.74) is 0.642. The molecule has 0 unspecified atom stereocenters. The average Bonchev–Trinajstić information content (AvgIpc) is 2.99. The molecule has 0 aliphatic rings. The Balaban J connectivity index is 1.91. The Morgan fingerprint density at radius 2 is 1.93 bits per heavy atom. The van der Waals surface area contributed by atoms with Crippen molar-refractivity contribution in [3.8, 4) is 0 Å². The summed E-state index contributed by atoms with van der Waals surface area (Å²) in [6.45, 7) is -0.626. The van der Waals surface area contributed by atoms with E-state index >= 15 is 0 Å². The number of hydrogen-bond donors (Lipinski definition) is 2. The number of aliphatic hydroxyl groups is 1. The van der Waals surface area contributed by atoms with Crippen molar-refractivity contribution in [2.75, 3.05) is 6.26 Å². The predicted molar refractivity (Wildman–Crippen MR) is 100 cm³/mol. The molecule has 4 aromatic rings. The molecule has 0 amide bonds. The highest BCUT2D eigenvalue weighted by Gasteiger charge is 2.21. The minimum atomic E-state index is -3.94. The SMILES string of the molecule is CS(=O)(=O)c1ccc(Cn2c(=O)[nH]c3cnc4nc(CO)ccc4c32)c(F)c1F. The number of pyridine rings is 2. The number of halogens is 2. The van der Waals surface area contributed by atoms with Crippen LogP contribution in [-0.4, -0.2) is 39.3 Å². The molecule has 2 N–H and O–H groups in total. The number of imidazole rings is 1. The van der Waals surface area contributed by atoms with Gasteiger partial charge in [-0.05, 0) is 18.2 Å². The summed E-state index contributed by atoms with van der Waals surface area (Å²) in [5.74, 6) is -2.83. The van der Waals surface area contributed by atoms with Crippen molar-refractivity contribution in [3.63, 3.8) is 0 Å². The first kappa shape index (κ1) is 19.2. The van der Waals surface area contributed by atoms with Gasteiger partial charge in [-0.25, -0.2) is 32.0 Å². The van der Waals surface area contributed by atoms with E-state index < -0.39 is 32.1 Å². The number of fused-ring (bicyclic) bond motifs is 3. The van der Waals surface area contributed by atoms with Crippen LogP contribution in [0.5, 0.6) is 0 Å². The predicted octanol–water partition coefficient (Wildman–Crippen LogP) is 1.50. The topological polar surface area (TPSA) is 118 Å². The van der Waals surface area contributed by atoms with Gasteiger partial charge in [-0.1, -0.05) is 6.07 Å². The fraction of sp³-hybridized carbons (Fsp3) is 0.167. The first-order valence-corrected chi connectivity index (χ1v) is 10.2. The first-order valence-electron chi connectivity index (χ1n) is 8.35. The van der Waals surface area contributed by atoms with Crippen LogP contribution >= 0.6 is 0 Å². The van der Waals surface area contributed by atoms with E-state index in [1.807, 2.05) is 0 Å². The van der Waals surface area contributed by atoms with Gasteiger partial charge in [-0.3, -0.25) is 4.57 Å². The Hall–Kier alpha value is -3.18. The number of benzene rings is 1. The van der Waals surface area contributed by atoms with Crippen LogP contribution in [0.15, 0.2) is 40.2 Å². The quantitative estimate of drug-likeness (QED) is 0.517. The molecule has 29 heavy (non-hydrogen) atoms. The summed E-state index contributed by atoms with van der Waals surface area (Å²) >= 11 is 0. The molecule has 150 valence electrons. The Morgan fingerprint density at radius 1 is 1.17 bits per heavy atom. The molecule has 4 rings (SSSR count). The van der Waals surface area contributed by atoms with Gasteiger partial charge < -0.3 is 10.1 Å². The van der Waals surface area contributed by atoms with Gasteiger partial charge >= 0.3 is 5.69 Å². The molecular weight excluding hydrogens is 406 g/mol. The van der Waals surface area contributed by atoms with E-state index in [-0.39, 0.29) is 24.4 Å². The number of hydrogen-bond acceptors (Lipinski definition) is 6. The molecule has 0 bridgehead atoms. The van der Waals surface area contributed by atoms with Crippen LogP contribution in [0, 0.1) is 11.6 Å². The molecule has 0 saturated carbocycles. The zero-order valence-electron chi connectivity index (χ0n) is 15.0. The van der Waals surface area contributed by atoms with Crippen molar-refractivity contribution in [3.05, 3.63) is 63.8 Å². The van der Waals surface area contributed by atoms with E-state index in [2.05, 4.69) is 15.0 Å². The summed E-state index contributed by atoms with van der Waals surface area (Å²) in [6.07, 6.45) is 2.16. The van der Waals surface area contributed by atoms with Crippen LogP contribution < -0.4 is 5.69 Å². The Bertz CT molecular complexity index is 1440. The second-order valence-corrected chi connectivity index (χ2v) is 8.48. The number of nitrogens with one attached hydrogen (secondary N) is 1. The summed E-state index contributed by atoms with van der Waals surface area (Å²) in [7, 11) is -3.94. The third-order valence-electron chi connectivity index (χ3n) is 4.53. The maximum absolute atomic E-state index is 14.5. The number of nitrogens with zero attached hydrogens (tertiary/aromatic N) is 3. The van der Waals surface area contributed by atoms with Crippen molar-refractivity contribution >= 4 is 31.9 Å². The van der Waals surface area contributed by atoms with Gasteiger partial charge in [0.2, 0.25) is 0 Å². The van der Waals surface area contributed by atoms with Gasteiger partial charge in [0, 0.05) is 17.2 Å². The molecule has 0 aliphatic heterocycles. The lowest BCUT2D eigenvalue weighted by Gasteiger charge is -2.09. The minimum Gasteiger partial charge on any atom is -0.390 e. The summed E-state index contributed by atoms with van der Waals surface area (Å²) in [5, 5.41) is 9.71. The van der Waals surface area contributed by atoms with E-state index in [1.54, 1.807) is 12.1 Å². The fourth-order valence-electron chi connectivity index (χ4n) is 3.16. The van der Waals surface area contributed by atoms with Crippen LogP contribution in [0.3, 0.4) is 0 Å². The highest BCUT2D eigenvalue weighted by molar-refractivity contribution is 7.90. The second-order valence-electron chi connectivity index (χ2n) is 6.49. The standard InChI is InChI=1S/C18H14F2N4O4S/c1-29(27,28)13-5-2-9(14(19)15(13)20)7-24-16-11-4-3-10(8-25)22-17(11)21-6-12(16)23-18(24)26/h2-6,25H,7-8H2,1H3,(H,23,26). The van der Waals surface area contributed by atoms with Crippen molar-refractivity contribution in [1.29, 1.82) is 0 Å². The van der Waals surface area contributed by atoms with Gasteiger partial charge in [-0.2, -0.15) is 0 Å². The van der Waals surface area contributed by atoms with Gasteiger partial charge in [0.05, 0.1) is 36.1 Å². The maximum atomic E-state index is 14.5. The van der Waals surface area contributed by atoms with E-state index in [1.165, 1.54) is 10.8 Å². The molecular formula is C18H14F2N4O4S. The molecule has 8 nitrogen and oxygen atoms in total. The normalized spacial score (nSPS) is 12.1. The molecule has 3 heterocycles. The van der Waals surface area contributed by atoms with Crippen LogP contribution in [0.2, 0.25) is 0 Å². The number of aliphatic hydroxyl groups excluding tert-OH is 1. The molecule has 0 radical (unpaired) electrons. The van der Waals surface area contributed by atoms with Gasteiger partial charge in [0.15, 0.2) is 27.1 Å². The van der Waals surface area contributed by atoms with Crippen LogP contribution in [0.25, 0.3) is 22.1 Å². The second kappa shape index (κ2) is 6.71. The zero-order chi connectivity index (χ0) is 20.9. The molecule has 0 saturated heterocycles. The molecule has 0 atom stereocenters. The molecule has 0 aliphatic carbocycles. The van der Waals surface area contributed by atoms with Crippen LogP contribution in [0.1, 0.15) is 11.3 Å². The van der Waals surface area contributed by atoms with Crippen molar-refractivity contribution in [2.24, 2.45) is 0 Å². The number of rotatable bonds is 4. The molecule has 0 fully saturated rings. The molecule has 11 heteroatoms. The van der Waals surface area contributed by atoms with E-state index in [0.717, 1.165) is 18.4 Å². The maximum Gasteiger partial charge on any atom is 0.326 e. The summed E-state index contributed by atoms with van der Waals surface area (Å²) < 4.78 is 53.1. The Morgan fingerprint density at radius 3 is 2.62 bits per heavy atom. The Labute approximate surface area is 162 Å². The third kappa shape index (κ3) is 3.17. The highest BCUT2D eigenvalue weighted by atomic mass is 32.2. The van der Waals surface area contributed by atoms with Gasteiger partial charge in [0.1, 0.15) is 4.90 Å². The first-order chi connectivity index (χ1) is 13.7. The van der Waals surface area contributed by atoms with Gasteiger partial charge in [-0.15, -0.1) is 0 Å². The molecule has 0 spiro atoms. The lowest BCUT2D eigenvalue weighted by Crippen LogP contribution is -2.19. The average molecular weight is 420 g/mol. The van der Waals surface area contributed by atoms with Crippen LogP contribution in [0.4, 0.5) is 8.78 Å². The fourth-order valence-corrected chi connectivity index (χ4v) is 3.89. The van der Waals surface area contributed by atoms with Crippen molar-refractivity contribution in [2.45, 2.75) is 18.0 Å². The number of aromatic nitrogens is 4. The van der Waals surface area contributed by atoms with E-state index in [0.29, 0.717) is 22.1 Å². The van der Waals surface area contributed by atoms with E-state index in [9.17, 15) is 27.1 Å². The number of H-pyrrole nitrogens is 1. The third-order valence-corrected chi connectivity index (χ3v) is 5.65. The number of aromatic amines is 1. The lowest BCUT2D eigenvalue weighted by molar-refractivity contribution is 0.277. The van der Waals surface area contributed by atoms with E-state index in [4.69, 9.17) is 0 Å². The lowest BCUT2D eigenvalue weighted by atomic mass is 10.2. The minimum absolute atomic E-state index is 0.192. The Kier molecular flexibility index (Phi) is 4.43. The smallest absolute Gasteiger partial charge is 0.326 e. The number of sulfone groups is 1. The highest BCUT2D eigenvalue weighted by Crippen LogP contribution is 2.24. The molecule has 3 aromatic heterocycles. The van der Waals surface area contributed by atoms with Crippen molar-refractivity contribution in [1.82, 2.24) is 19.5 Å². The van der Waals surface area contributed by atoms with Crippen LogP contribution in [-0.2, 0) is 23.0 Å². The zero-order valence-corrected chi connectivity index (χ0v) is 15.8. The molecule has 1 aromatic carbocycles. The van der Waals surface area contributed by atoms with Gasteiger partial charge in [0.25, 0.3) is 0 Å². The summed E-state index contributed by atoms with van der Waals surface area (Å²) in [4.78, 5) is 22.6.